The van der Waals surface area contributed by atoms with E-state index >= 15 is 0 Å². The fourth-order valence-corrected chi connectivity index (χ4v) is 3.06. The van der Waals surface area contributed by atoms with E-state index < -0.39 is 28.6 Å². The number of carbonyl (C=O) groups excluding carboxylic acids is 3. The van der Waals surface area contributed by atoms with Gasteiger partial charge in [-0.1, -0.05) is 90.4 Å². The number of hydrogen-bond donors (Lipinski definition) is 3. The molecule has 0 saturated carbocycles. The van der Waals surface area contributed by atoms with Crippen molar-refractivity contribution in [2.24, 2.45) is 5.92 Å². The molecule has 0 bridgehead atoms. The molecule has 2 aromatic carbocycles. The lowest BCUT2D eigenvalue weighted by molar-refractivity contribution is -0.136. The molecule has 0 heterocycles. The standard InChI is InChI=1S/C24H30BrN3O3/c1-17(2)20(25)22(29)28-21(23(30)26-15-13-18-9-5-3-6-10-18)24(31)27-16-14-19-11-7-4-8-12-19/h3-12,17,20-21H,13-16H2,1-2H3,(H,26,30)(H,27,31)(H,28,29). The lowest BCUT2D eigenvalue weighted by Gasteiger charge is -2.21. The molecule has 0 aliphatic carbocycles. The van der Waals surface area contributed by atoms with Gasteiger partial charge in [-0.15, -0.1) is 0 Å². The van der Waals surface area contributed by atoms with Gasteiger partial charge in [0.05, 0.1) is 4.83 Å². The molecule has 2 rings (SSSR count). The van der Waals surface area contributed by atoms with Gasteiger partial charge < -0.3 is 16.0 Å². The molecule has 3 amide bonds. The Morgan fingerprint density at radius 3 is 1.55 bits per heavy atom. The van der Waals surface area contributed by atoms with Crippen LogP contribution in [-0.2, 0) is 27.2 Å². The molecule has 1 atom stereocenters. The molecule has 2 aromatic rings. The topological polar surface area (TPSA) is 87.3 Å². The first-order valence-electron chi connectivity index (χ1n) is 10.5. The van der Waals surface area contributed by atoms with Crippen LogP contribution in [0.4, 0.5) is 0 Å². The maximum atomic E-state index is 12.7. The molecule has 0 aromatic heterocycles. The van der Waals surface area contributed by atoms with Gasteiger partial charge in [-0.25, -0.2) is 0 Å². The zero-order valence-corrected chi connectivity index (χ0v) is 19.5. The quantitative estimate of drug-likeness (QED) is 0.336. The van der Waals surface area contributed by atoms with Crippen molar-refractivity contribution >= 4 is 33.7 Å². The van der Waals surface area contributed by atoms with Gasteiger partial charge in [-0.2, -0.15) is 0 Å². The minimum Gasteiger partial charge on any atom is -0.354 e. The van der Waals surface area contributed by atoms with Crippen LogP contribution >= 0.6 is 15.9 Å². The summed E-state index contributed by atoms with van der Waals surface area (Å²) in [7, 11) is 0. The van der Waals surface area contributed by atoms with Crippen LogP contribution in [0.1, 0.15) is 25.0 Å². The minimum atomic E-state index is -1.29. The van der Waals surface area contributed by atoms with Gasteiger partial charge in [-0.3, -0.25) is 14.4 Å². The highest BCUT2D eigenvalue weighted by Crippen LogP contribution is 2.12. The number of alkyl halides is 1. The summed E-state index contributed by atoms with van der Waals surface area (Å²) in [5.41, 5.74) is 2.16. The van der Waals surface area contributed by atoms with E-state index in [1.54, 1.807) is 0 Å². The van der Waals surface area contributed by atoms with Crippen molar-refractivity contribution in [2.75, 3.05) is 13.1 Å². The number of amides is 3. The summed E-state index contributed by atoms with van der Waals surface area (Å²) in [5, 5.41) is 8.11. The Hall–Kier alpha value is -2.67. The van der Waals surface area contributed by atoms with E-state index in [1.807, 2.05) is 74.5 Å². The van der Waals surface area contributed by atoms with Crippen molar-refractivity contribution in [1.29, 1.82) is 0 Å². The number of nitrogens with one attached hydrogen (secondary N) is 3. The van der Waals surface area contributed by atoms with Gasteiger partial charge >= 0.3 is 0 Å². The molecular weight excluding hydrogens is 458 g/mol. The first-order valence-corrected chi connectivity index (χ1v) is 11.4. The third kappa shape index (κ3) is 8.53. The first kappa shape index (κ1) is 24.6. The summed E-state index contributed by atoms with van der Waals surface area (Å²) in [6, 6.07) is 18.2. The summed E-state index contributed by atoms with van der Waals surface area (Å²) >= 11 is 3.33. The molecule has 0 spiro atoms. The van der Waals surface area contributed by atoms with Gasteiger partial charge in [0.1, 0.15) is 0 Å². The molecule has 0 fully saturated rings. The van der Waals surface area contributed by atoms with E-state index in [0.717, 1.165) is 11.1 Å². The number of rotatable bonds is 11. The van der Waals surface area contributed by atoms with Crippen molar-refractivity contribution in [3.63, 3.8) is 0 Å². The summed E-state index contributed by atoms with van der Waals surface area (Å²) in [5.74, 6) is -1.42. The molecule has 6 nitrogen and oxygen atoms in total. The molecular formula is C24H30BrN3O3. The Labute approximate surface area is 192 Å². The Balaban J connectivity index is 1.95. The van der Waals surface area contributed by atoms with Crippen molar-refractivity contribution in [3.8, 4) is 0 Å². The molecule has 7 heteroatoms. The Bertz CT molecular complexity index is 786. The van der Waals surface area contributed by atoms with E-state index in [0.29, 0.717) is 25.9 Å². The van der Waals surface area contributed by atoms with Crippen LogP contribution in [0.15, 0.2) is 60.7 Å². The van der Waals surface area contributed by atoms with Crippen molar-refractivity contribution < 1.29 is 14.4 Å². The molecule has 0 aliphatic rings. The van der Waals surface area contributed by atoms with Crippen LogP contribution in [0.25, 0.3) is 0 Å². The van der Waals surface area contributed by atoms with Gasteiger partial charge in [0, 0.05) is 13.1 Å². The SMILES string of the molecule is CC(C)C(Br)C(=O)NC(C(=O)NCCc1ccccc1)C(=O)NCCc1ccccc1. The first-order chi connectivity index (χ1) is 14.9. The van der Waals surface area contributed by atoms with Crippen LogP contribution in [0.3, 0.4) is 0 Å². The van der Waals surface area contributed by atoms with Gasteiger partial charge in [0.2, 0.25) is 5.91 Å². The zero-order chi connectivity index (χ0) is 22.6. The predicted molar refractivity (Wildman–Crippen MR) is 126 cm³/mol. The second kappa shape index (κ2) is 12.9. The fraction of sp³-hybridized carbons (Fsp3) is 0.375. The van der Waals surface area contributed by atoms with Gasteiger partial charge in [0.15, 0.2) is 6.04 Å². The normalized spacial score (nSPS) is 11.8. The summed E-state index contributed by atoms with van der Waals surface area (Å²) in [6.45, 7) is 4.50. The van der Waals surface area contributed by atoms with E-state index in [1.165, 1.54) is 0 Å². The molecule has 3 N–H and O–H groups in total. The molecule has 0 saturated heterocycles. The maximum absolute atomic E-state index is 12.7. The zero-order valence-electron chi connectivity index (χ0n) is 17.9. The average Bonchev–Trinajstić information content (AvgIpc) is 2.77. The van der Waals surface area contributed by atoms with Crippen LogP contribution in [-0.4, -0.2) is 41.7 Å². The molecule has 1 unspecified atom stereocenters. The molecule has 0 radical (unpaired) electrons. The highest BCUT2D eigenvalue weighted by Gasteiger charge is 2.30. The van der Waals surface area contributed by atoms with E-state index in [2.05, 4.69) is 31.9 Å². The van der Waals surface area contributed by atoms with Crippen molar-refractivity contribution in [1.82, 2.24) is 16.0 Å². The van der Waals surface area contributed by atoms with Gasteiger partial charge in [-0.05, 0) is 29.9 Å². The third-order valence-electron chi connectivity index (χ3n) is 4.76. The van der Waals surface area contributed by atoms with E-state index in [-0.39, 0.29) is 5.92 Å². The fourth-order valence-electron chi connectivity index (χ4n) is 2.93. The van der Waals surface area contributed by atoms with Crippen molar-refractivity contribution in [2.45, 2.75) is 37.6 Å². The summed E-state index contributed by atoms with van der Waals surface area (Å²) in [6.07, 6.45) is 1.27. The van der Waals surface area contributed by atoms with Crippen LogP contribution in [0, 0.1) is 5.92 Å². The predicted octanol–water partition coefficient (Wildman–Crippen LogP) is 2.61. The minimum absolute atomic E-state index is 0.0166. The van der Waals surface area contributed by atoms with Crippen molar-refractivity contribution in [3.05, 3.63) is 71.8 Å². The van der Waals surface area contributed by atoms with Crippen LogP contribution in [0.2, 0.25) is 0 Å². The smallest absolute Gasteiger partial charge is 0.252 e. The van der Waals surface area contributed by atoms with E-state index in [9.17, 15) is 14.4 Å². The Morgan fingerprint density at radius 1 is 0.742 bits per heavy atom. The number of carbonyl (C=O) groups is 3. The lowest BCUT2D eigenvalue weighted by atomic mass is 10.1. The maximum Gasteiger partial charge on any atom is 0.252 e. The second-order valence-electron chi connectivity index (χ2n) is 7.64. The monoisotopic (exact) mass is 487 g/mol. The highest BCUT2D eigenvalue weighted by atomic mass is 79.9. The van der Waals surface area contributed by atoms with Crippen LogP contribution in [0.5, 0.6) is 0 Å². The second-order valence-corrected chi connectivity index (χ2v) is 8.63. The largest absolute Gasteiger partial charge is 0.354 e. The van der Waals surface area contributed by atoms with Crippen LogP contribution < -0.4 is 16.0 Å². The summed E-state index contributed by atoms with van der Waals surface area (Å²) < 4.78 is 0. The number of benzene rings is 2. The number of hydrogen-bond acceptors (Lipinski definition) is 3. The Morgan fingerprint density at radius 2 is 1.16 bits per heavy atom. The molecule has 31 heavy (non-hydrogen) atoms. The molecule has 166 valence electrons. The number of halogens is 1. The molecule has 0 aliphatic heterocycles. The summed E-state index contributed by atoms with van der Waals surface area (Å²) in [4.78, 5) is 37.4. The third-order valence-corrected chi connectivity index (χ3v) is 6.23. The van der Waals surface area contributed by atoms with E-state index in [4.69, 9.17) is 0 Å². The van der Waals surface area contributed by atoms with Gasteiger partial charge in [0.25, 0.3) is 11.8 Å². The lowest BCUT2D eigenvalue weighted by Crippen LogP contribution is -2.57. The highest BCUT2D eigenvalue weighted by molar-refractivity contribution is 9.10. The average molecular weight is 488 g/mol. The Kier molecular flexibility index (Phi) is 10.2.